The van der Waals surface area contributed by atoms with Gasteiger partial charge in [0.25, 0.3) is 0 Å². The topological polar surface area (TPSA) is 26.0 Å². The lowest BCUT2D eigenvalue weighted by Gasteiger charge is -1.97. The quantitative estimate of drug-likeness (QED) is 0.691. The van der Waals surface area contributed by atoms with Crippen LogP contribution >= 0.6 is 0 Å². The predicted molar refractivity (Wildman–Crippen MR) is 45.8 cm³/mol. The van der Waals surface area contributed by atoms with Gasteiger partial charge in [-0.2, -0.15) is 0 Å². The minimum Gasteiger partial charge on any atom is -0.333 e. The van der Waals surface area contributed by atoms with Gasteiger partial charge in [0.2, 0.25) is 0 Å². The summed E-state index contributed by atoms with van der Waals surface area (Å²) in [5, 5.41) is 0. The van der Waals surface area contributed by atoms with E-state index < -0.39 is 11.6 Å². The van der Waals surface area contributed by atoms with Gasteiger partial charge in [0.1, 0.15) is 0 Å². The van der Waals surface area contributed by atoms with E-state index in [4.69, 9.17) is 0 Å². The fraction of sp³-hybridized carbons (Fsp3) is 0.333. The molecular weight excluding hydrogens is 160 g/mol. The molecule has 68 valence electrons. The Morgan fingerprint density at radius 3 is 2.25 bits per heavy atom. The molecular formula is C9H13F2N. The first-order chi connectivity index (χ1) is 5.75. The van der Waals surface area contributed by atoms with E-state index >= 15 is 0 Å². The Hall–Kier alpha value is -0.960. The van der Waals surface area contributed by atoms with Gasteiger partial charge in [-0.3, -0.25) is 0 Å². The number of rotatable bonds is 1. The zero-order valence-electron chi connectivity index (χ0n) is 7.27. The van der Waals surface area contributed by atoms with Crippen LogP contribution in [0.2, 0.25) is 0 Å². The largest absolute Gasteiger partial charge is 0.333 e. The van der Waals surface area contributed by atoms with Gasteiger partial charge in [-0.1, -0.05) is 19.1 Å². The van der Waals surface area contributed by atoms with Gasteiger partial charge in [0, 0.05) is 0 Å². The molecule has 0 aliphatic carbocycles. The lowest BCUT2D eigenvalue weighted by molar-refractivity contribution is 0.500. The van der Waals surface area contributed by atoms with Gasteiger partial charge in [-0.05, 0) is 25.1 Å². The standard InChI is InChI=1S/C8H8F2.CH5N/c1-2-6-4-3-5-7(9)8(6)10;1-2/h3-5H,2H2,1H3;2H2,1H3. The molecule has 0 unspecified atom stereocenters. The van der Waals surface area contributed by atoms with Crippen LogP contribution in [-0.2, 0) is 6.42 Å². The summed E-state index contributed by atoms with van der Waals surface area (Å²) < 4.78 is 25.0. The molecule has 0 aliphatic rings. The fourth-order valence-corrected chi connectivity index (χ4v) is 0.822. The molecule has 1 aromatic rings. The van der Waals surface area contributed by atoms with Crippen molar-refractivity contribution in [1.82, 2.24) is 0 Å². The molecule has 0 saturated heterocycles. The highest BCUT2D eigenvalue weighted by molar-refractivity contribution is 5.18. The highest BCUT2D eigenvalue weighted by atomic mass is 19.2. The number of hydrogen-bond acceptors (Lipinski definition) is 1. The van der Waals surface area contributed by atoms with Gasteiger partial charge >= 0.3 is 0 Å². The van der Waals surface area contributed by atoms with Crippen LogP contribution in [0.5, 0.6) is 0 Å². The molecule has 12 heavy (non-hydrogen) atoms. The lowest BCUT2D eigenvalue weighted by Crippen LogP contribution is -1.90. The van der Waals surface area contributed by atoms with Gasteiger partial charge in [-0.25, -0.2) is 8.78 Å². The van der Waals surface area contributed by atoms with Crippen molar-refractivity contribution in [3.8, 4) is 0 Å². The summed E-state index contributed by atoms with van der Waals surface area (Å²) in [7, 11) is 1.50. The van der Waals surface area contributed by atoms with E-state index in [0.29, 0.717) is 12.0 Å². The van der Waals surface area contributed by atoms with E-state index in [1.54, 1.807) is 13.0 Å². The molecule has 0 saturated carbocycles. The first-order valence-electron chi connectivity index (χ1n) is 3.76. The molecule has 2 N–H and O–H groups in total. The number of aryl methyl sites for hydroxylation is 1. The van der Waals surface area contributed by atoms with Crippen molar-refractivity contribution in [3.63, 3.8) is 0 Å². The summed E-state index contributed by atoms with van der Waals surface area (Å²) in [6.07, 6.45) is 0.531. The average molecular weight is 173 g/mol. The first kappa shape index (κ1) is 11.0. The summed E-state index contributed by atoms with van der Waals surface area (Å²) in [6, 6.07) is 4.21. The summed E-state index contributed by atoms with van der Waals surface area (Å²) in [6.45, 7) is 1.79. The summed E-state index contributed by atoms with van der Waals surface area (Å²) >= 11 is 0. The Balaban J connectivity index is 0.000000561. The van der Waals surface area contributed by atoms with Crippen molar-refractivity contribution in [2.75, 3.05) is 7.05 Å². The Morgan fingerprint density at radius 2 is 1.83 bits per heavy atom. The van der Waals surface area contributed by atoms with Crippen molar-refractivity contribution in [2.24, 2.45) is 5.73 Å². The van der Waals surface area contributed by atoms with E-state index in [1.807, 2.05) is 0 Å². The minimum absolute atomic E-state index is 0.431. The summed E-state index contributed by atoms with van der Waals surface area (Å²) in [5.41, 5.74) is 4.93. The smallest absolute Gasteiger partial charge is 0.161 e. The maximum atomic E-state index is 12.6. The molecule has 0 atom stereocenters. The Labute approximate surface area is 71.2 Å². The lowest BCUT2D eigenvalue weighted by atomic mass is 10.1. The van der Waals surface area contributed by atoms with E-state index in [0.717, 1.165) is 6.07 Å². The highest BCUT2D eigenvalue weighted by Gasteiger charge is 2.03. The van der Waals surface area contributed by atoms with E-state index in [2.05, 4.69) is 5.73 Å². The summed E-state index contributed by atoms with van der Waals surface area (Å²) in [5.74, 6) is -1.48. The molecule has 0 amide bonds. The molecule has 1 rings (SSSR count). The van der Waals surface area contributed by atoms with Gasteiger partial charge in [-0.15, -0.1) is 0 Å². The van der Waals surface area contributed by atoms with Crippen LogP contribution in [0.4, 0.5) is 8.78 Å². The number of hydrogen-bond donors (Lipinski definition) is 1. The highest BCUT2D eigenvalue weighted by Crippen LogP contribution is 2.10. The molecule has 1 aromatic carbocycles. The van der Waals surface area contributed by atoms with Crippen LogP contribution in [0.1, 0.15) is 12.5 Å². The predicted octanol–water partition coefficient (Wildman–Crippen LogP) is 2.10. The zero-order valence-corrected chi connectivity index (χ0v) is 7.27. The molecule has 0 aromatic heterocycles. The van der Waals surface area contributed by atoms with Crippen LogP contribution < -0.4 is 5.73 Å². The molecule has 0 fully saturated rings. The van der Waals surface area contributed by atoms with Crippen molar-refractivity contribution in [3.05, 3.63) is 35.4 Å². The van der Waals surface area contributed by atoms with Crippen LogP contribution in [0.15, 0.2) is 18.2 Å². The SMILES string of the molecule is CCc1cccc(F)c1F.CN. The summed E-state index contributed by atoms with van der Waals surface area (Å²) in [4.78, 5) is 0. The normalized spacial score (nSPS) is 8.75. The second-order valence-electron chi connectivity index (χ2n) is 2.07. The van der Waals surface area contributed by atoms with Crippen molar-refractivity contribution in [2.45, 2.75) is 13.3 Å². The van der Waals surface area contributed by atoms with Crippen LogP contribution in [0.3, 0.4) is 0 Å². The maximum absolute atomic E-state index is 12.6. The minimum atomic E-state index is -0.764. The van der Waals surface area contributed by atoms with E-state index in [1.165, 1.54) is 13.1 Å². The van der Waals surface area contributed by atoms with Crippen molar-refractivity contribution < 1.29 is 8.78 Å². The molecule has 1 nitrogen and oxygen atoms in total. The Kier molecular flexibility index (Phi) is 5.21. The Morgan fingerprint density at radius 1 is 1.25 bits per heavy atom. The molecule has 0 radical (unpaired) electrons. The van der Waals surface area contributed by atoms with Crippen LogP contribution in [0.25, 0.3) is 0 Å². The zero-order chi connectivity index (χ0) is 9.56. The number of halogens is 2. The van der Waals surface area contributed by atoms with Crippen LogP contribution in [0, 0.1) is 11.6 Å². The van der Waals surface area contributed by atoms with Crippen LogP contribution in [-0.4, -0.2) is 7.05 Å². The third-order valence-electron chi connectivity index (χ3n) is 1.41. The van der Waals surface area contributed by atoms with Crippen molar-refractivity contribution >= 4 is 0 Å². The number of nitrogens with two attached hydrogens (primary N) is 1. The molecule has 0 aliphatic heterocycles. The third-order valence-corrected chi connectivity index (χ3v) is 1.41. The average Bonchev–Trinajstić information content (AvgIpc) is 2.13. The molecule has 0 heterocycles. The molecule has 0 spiro atoms. The van der Waals surface area contributed by atoms with Gasteiger partial charge in [0.15, 0.2) is 11.6 Å². The van der Waals surface area contributed by atoms with Gasteiger partial charge < -0.3 is 5.73 Å². The maximum Gasteiger partial charge on any atom is 0.161 e. The van der Waals surface area contributed by atoms with E-state index in [9.17, 15) is 8.78 Å². The first-order valence-corrected chi connectivity index (χ1v) is 3.76. The fourth-order valence-electron chi connectivity index (χ4n) is 0.822. The second kappa shape index (κ2) is 5.66. The van der Waals surface area contributed by atoms with Gasteiger partial charge in [0.05, 0.1) is 0 Å². The molecule has 0 bridgehead atoms. The molecule has 3 heteroatoms. The van der Waals surface area contributed by atoms with Crippen molar-refractivity contribution in [1.29, 1.82) is 0 Å². The number of benzene rings is 1. The Bertz CT molecular complexity index is 236. The monoisotopic (exact) mass is 173 g/mol. The van der Waals surface area contributed by atoms with E-state index in [-0.39, 0.29) is 0 Å². The second-order valence-corrected chi connectivity index (χ2v) is 2.07. The third kappa shape index (κ3) is 2.58.